The highest BCUT2D eigenvalue weighted by molar-refractivity contribution is 5.57. The van der Waals surface area contributed by atoms with E-state index in [1.165, 1.54) is 0 Å². The van der Waals surface area contributed by atoms with Crippen LogP contribution in [0.2, 0.25) is 0 Å². The van der Waals surface area contributed by atoms with E-state index >= 15 is 0 Å². The third-order valence-electron chi connectivity index (χ3n) is 3.18. The molecule has 0 spiro atoms. The second-order valence-electron chi connectivity index (χ2n) is 4.79. The molecular formula is C16H16N4O3. The molecule has 1 N–H and O–H groups in total. The maximum atomic E-state index is 9.32. The number of hydrogen-bond donors (Lipinski definition) is 1. The van der Waals surface area contributed by atoms with Crippen LogP contribution in [0.3, 0.4) is 0 Å². The zero-order valence-electron chi connectivity index (χ0n) is 12.6. The fourth-order valence-electron chi connectivity index (χ4n) is 1.97. The molecule has 0 radical (unpaired) electrons. The number of phenols is 1. The van der Waals surface area contributed by atoms with Gasteiger partial charge < -0.3 is 14.6 Å². The summed E-state index contributed by atoms with van der Waals surface area (Å²) in [6, 6.07) is 10.4. The third-order valence-corrected chi connectivity index (χ3v) is 3.18. The Balaban J connectivity index is 1.73. The molecule has 0 saturated carbocycles. The summed E-state index contributed by atoms with van der Waals surface area (Å²) in [5, 5.41) is 17.5. The molecule has 1 aromatic carbocycles. The molecule has 23 heavy (non-hydrogen) atoms. The Kier molecular flexibility index (Phi) is 4.49. The fraction of sp³-hybridized carbons (Fsp3) is 0.188. The van der Waals surface area contributed by atoms with Crippen LogP contribution in [0.25, 0.3) is 16.9 Å². The molecule has 2 heterocycles. The van der Waals surface area contributed by atoms with Crippen molar-refractivity contribution in [3.63, 3.8) is 0 Å². The number of hydrogen-bond acceptors (Lipinski definition) is 6. The summed E-state index contributed by atoms with van der Waals surface area (Å²) in [5.41, 5.74) is 2.36. The summed E-state index contributed by atoms with van der Waals surface area (Å²) in [6.45, 7) is 0.976. The lowest BCUT2D eigenvalue weighted by Crippen LogP contribution is -2.05. The predicted octanol–water partition coefficient (Wildman–Crippen LogP) is 2.06. The number of rotatable bonds is 6. The zero-order chi connectivity index (χ0) is 16.1. The SMILES string of the molecule is COCCOc1ccc(-c2cn(-c3ccc(O)cc3)nn2)cn1. The van der Waals surface area contributed by atoms with Gasteiger partial charge in [0.2, 0.25) is 5.88 Å². The van der Waals surface area contributed by atoms with Gasteiger partial charge in [0.05, 0.1) is 18.5 Å². The Morgan fingerprint density at radius 1 is 1.09 bits per heavy atom. The van der Waals surface area contributed by atoms with E-state index in [4.69, 9.17) is 9.47 Å². The minimum absolute atomic E-state index is 0.211. The first-order valence-corrected chi connectivity index (χ1v) is 7.06. The molecule has 7 heteroatoms. The van der Waals surface area contributed by atoms with Gasteiger partial charge in [0.25, 0.3) is 0 Å². The second-order valence-corrected chi connectivity index (χ2v) is 4.79. The number of aromatic hydroxyl groups is 1. The van der Waals surface area contributed by atoms with Crippen LogP contribution in [-0.2, 0) is 4.74 Å². The number of benzene rings is 1. The largest absolute Gasteiger partial charge is 0.508 e. The van der Waals surface area contributed by atoms with Crippen molar-refractivity contribution in [1.82, 2.24) is 20.0 Å². The highest BCUT2D eigenvalue weighted by Gasteiger charge is 2.06. The average Bonchev–Trinajstić information content (AvgIpc) is 3.06. The Morgan fingerprint density at radius 2 is 1.91 bits per heavy atom. The lowest BCUT2D eigenvalue weighted by atomic mass is 10.2. The monoisotopic (exact) mass is 312 g/mol. The van der Waals surface area contributed by atoms with Crippen LogP contribution in [0, 0.1) is 0 Å². The van der Waals surface area contributed by atoms with E-state index in [1.54, 1.807) is 54.5 Å². The topological polar surface area (TPSA) is 82.3 Å². The fourth-order valence-corrected chi connectivity index (χ4v) is 1.97. The number of aromatic nitrogens is 4. The van der Waals surface area contributed by atoms with E-state index in [0.29, 0.717) is 24.8 Å². The Bertz CT molecular complexity index is 754. The molecule has 0 fully saturated rings. The number of nitrogens with zero attached hydrogens (tertiary/aromatic N) is 4. The van der Waals surface area contributed by atoms with Crippen LogP contribution in [0.15, 0.2) is 48.8 Å². The van der Waals surface area contributed by atoms with Crippen LogP contribution < -0.4 is 4.74 Å². The van der Waals surface area contributed by atoms with Crippen LogP contribution in [0.1, 0.15) is 0 Å². The summed E-state index contributed by atoms with van der Waals surface area (Å²) in [5.74, 6) is 0.749. The molecule has 0 atom stereocenters. The van der Waals surface area contributed by atoms with E-state index in [9.17, 15) is 5.11 Å². The first-order valence-electron chi connectivity index (χ1n) is 7.06. The zero-order valence-corrected chi connectivity index (χ0v) is 12.6. The minimum Gasteiger partial charge on any atom is -0.508 e. The molecule has 0 aliphatic carbocycles. The molecule has 7 nitrogen and oxygen atoms in total. The van der Waals surface area contributed by atoms with Crippen molar-refractivity contribution in [2.45, 2.75) is 0 Å². The summed E-state index contributed by atoms with van der Waals surface area (Å²) in [7, 11) is 1.62. The average molecular weight is 312 g/mol. The summed E-state index contributed by atoms with van der Waals surface area (Å²) in [6.07, 6.45) is 3.49. The molecule has 0 bridgehead atoms. The van der Waals surface area contributed by atoms with Gasteiger partial charge in [0.1, 0.15) is 18.1 Å². The van der Waals surface area contributed by atoms with Gasteiger partial charge in [-0.3, -0.25) is 0 Å². The quantitative estimate of drug-likeness (QED) is 0.702. The second kappa shape index (κ2) is 6.89. The molecular weight excluding hydrogens is 296 g/mol. The highest BCUT2D eigenvalue weighted by Crippen LogP contribution is 2.19. The maximum absolute atomic E-state index is 9.32. The summed E-state index contributed by atoms with van der Waals surface area (Å²) in [4.78, 5) is 4.23. The number of pyridine rings is 1. The van der Waals surface area contributed by atoms with Crippen LogP contribution in [0.4, 0.5) is 0 Å². The van der Waals surface area contributed by atoms with E-state index < -0.39 is 0 Å². The summed E-state index contributed by atoms with van der Waals surface area (Å²) >= 11 is 0. The van der Waals surface area contributed by atoms with E-state index in [1.807, 2.05) is 6.07 Å². The first kappa shape index (κ1) is 15.0. The Morgan fingerprint density at radius 3 is 2.61 bits per heavy atom. The molecule has 3 aromatic rings. The van der Waals surface area contributed by atoms with Crippen molar-refractivity contribution in [2.75, 3.05) is 20.3 Å². The number of ether oxygens (including phenoxy) is 2. The smallest absolute Gasteiger partial charge is 0.213 e. The normalized spacial score (nSPS) is 10.7. The van der Waals surface area contributed by atoms with Gasteiger partial charge in [-0.2, -0.15) is 0 Å². The molecule has 3 rings (SSSR count). The van der Waals surface area contributed by atoms with Crippen molar-refractivity contribution in [3.8, 4) is 28.6 Å². The van der Waals surface area contributed by atoms with E-state index in [0.717, 1.165) is 11.3 Å². The van der Waals surface area contributed by atoms with Gasteiger partial charge in [-0.15, -0.1) is 5.10 Å². The lowest BCUT2D eigenvalue weighted by molar-refractivity contribution is 0.144. The highest BCUT2D eigenvalue weighted by atomic mass is 16.5. The lowest BCUT2D eigenvalue weighted by Gasteiger charge is -2.04. The molecule has 118 valence electrons. The Hall–Kier alpha value is -2.93. The van der Waals surface area contributed by atoms with Gasteiger partial charge >= 0.3 is 0 Å². The molecule has 0 aliphatic heterocycles. The van der Waals surface area contributed by atoms with Crippen molar-refractivity contribution in [3.05, 3.63) is 48.8 Å². The van der Waals surface area contributed by atoms with Gasteiger partial charge in [-0.05, 0) is 30.3 Å². The standard InChI is InChI=1S/C16H16N4O3/c1-22-8-9-23-16-7-2-12(10-17-16)15-11-20(19-18-15)13-3-5-14(21)6-4-13/h2-7,10-11,21H,8-9H2,1H3. The first-order chi connectivity index (χ1) is 11.3. The minimum atomic E-state index is 0.211. The van der Waals surface area contributed by atoms with Crippen LogP contribution in [0.5, 0.6) is 11.6 Å². The third kappa shape index (κ3) is 3.64. The van der Waals surface area contributed by atoms with Crippen molar-refractivity contribution in [2.24, 2.45) is 0 Å². The maximum Gasteiger partial charge on any atom is 0.213 e. The van der Waals surface area contributed by atoms with Gasteiger partial charge in [0, 0.05) is 24.9 Å². The molecule has 0 amide bonds. The molecule has 0 unspecified atom stereocenters. The van der Waals surface area contributed by atoms with Gasteiger partial charge in [-0.1, -0.05) is 5.21 Å². The van der Waals surface area contributed by atoms with Crippen molar-refractivity contribution in [1.29, 1.82) is 0 Å². The molecule has 0 aliphatic rings. The summed E-state index contributed by atoms with van der Waals surface area (Å²) < 4.78 is 12.0. The molecule has 0 saturated heterocycles. The Labute approximate surface area is 133 Å². The van der Waals surface area contributed by atoms with Gasteiger partial charge in [0.15, 0.2) is 0 Å². The van der Waals surface area contributed by atoms with E-state index in [2.05, 4.69) is 15.3 Å². The van der Waals surface area contributed by atoms with Gasteiger partial charge in [-0.25, -0.2) is 9.67 Å². The van der Waals surface area contributed by atoms with E-state index in [-0.39, 0.29) is 5.75 Å². The van der Waals surface area contributed by atoms with Crippen LogP contribution in [-0.4, -0.2) is 45.4 Å². The van der Waals surface area contributed by atoms with Crippen molar-refractivity contribution >= 4 is 0 Å². The number of phenolic OH excluding ortho intramolecular Hbond substituents is 1. The molecule has 2 aromatic heterocycles. The predicted molar refractivity (Wildman–Crippen MR) is 83.6 cm³/mol. The van der Waals surface area contributed by atoms with Crippen LogP contribution >= 0.6 is 0 Å². The number of methoxy groups -OCH3 is 1. The van der Waals surface area contributed by atoms with Crippen molar-refractivity contribution < 1.29 is 14.6 Å².